The predicted octanol–water partition coefficient (Wildman–Crippen LogP) is 2.67. The molecule has 0 radical (unpaired) electrons. The van der Waals surface area contributed by atoms with E-state index in [4.69, 9.17) is 0 Å². The molecule has 1 aromatic rings. The minimum absolute atomic E-state index is 0.217. The number of nitrogens with one attached hydrogen (secondary N) is 1. The summed E-state index contributed by atoms with van der Waals surface area (Å²) in [6, 6.07) is 10.2. The second-order valence-corrected chi connectivity index (χ2v) is 6.04. The Kier molecular flexibility index (Phi) is 4.81. The fraction of sp³-hybridized carbons (Fsp3) is 0.588. The standard InChI is InChI=1S/C17H26N2O/c1-4-19(12-15-8-6-5-7-9-15)16(20)17(14(2)3)10-11-18-13-17/h5-9,14,18H,4,10-13H2,1-3H3. The van der Waals surface area contributed by atoms with Crippen LogP contribution in [0.2, 0.25) is 0 Å². The lowest BCUT2D eigenvalue weighted by Crippen LogP contribution is -2.47. The van der Waals surface area contributed by atoms with Gasteiger partial charge in [-0.2, -0.15) is 0 Å². The Bertz CT molecular complexity index is 436. The molecule has 0 spiro atoms. The SMILES string of the molecule is CCN(Cc1ccccc1)C(=O)C1(C(C)C)CCNC1. The summed E-state index contributed by atoms with van der Waals surface area (Å²) in [6.07, 6.45) is 0.953. The Balaban J connectivity index is 2.16. The highest BCUT2D eigenvalue weighted by Crippen LogP contribution is 2.36. The first-order valence-corrected chi connectivity index (χ1v) is 7.64. The predicted molar refractivity (Wildman–Crippen MR) is 82.3 cm³/mol. The average molecular weight is 274 g/mol. The van der Waals surface area contributed by atoms with Crippen LogP contribution >= 0.6 is 0 Å². The fourth-order valence-electron chi connectivity index (χ4n) is 3.08. The molecule has 1 aliphatic rings. The van der Waals surface area contributed by atoms with Gasteiger partial charge in [-0.05, 0) is 31.4 Å². The Hall–Kier alpha value is -1.35. The molecular weight excluding hydrogens is 248 g/mol. The van der Waals surface area contributed by atoms with Crippen molar-refractivity contribution in [1.29, 1.82) is 0 Å². The Morgan fingerprint density at radius 2 is 2.05 bits per heavy atom. The van der Waals surface area contributed by atoms with Crippen molar-refractivity contribution in [2.45, 2.75) is 33.7 Å². The molecule has 110 valence electrons. The third-order valence-corrected chi connectivity index (χ3v) is 4.60. The molecular formula is C17H26N2O. The van der Waals surface area contributed by atoms with E-state index in [0.717, 1.165) is 26.1 Å². The van der Waals surface area contributed by atoms with Gasteiger partial charge in [-0.1, -0.05) is 44.2 Å². The molecule has 1 N–H and O–H groups in total. The van der Waals surface area contributed by atoms with Crippen LogP contribution in [0.4, 0.5) is 0 Å². The van der Waals surface area contributed by atoms with E-state index in [2.05, 4.69) is 38.2 Å². The number of rotatable bonds is 5. The van der Waals surface area contributed by atoms with Crippen molar-refractivity contribution < 1.29 is 4.79 Å². The van der Waals surface area contributed by atoms with Gasteiger partial charge in [0.15, 0.2) is 0 Å². The summed E-state index contributed by atoms with van der Waals surface area (Å²) in [5.74, 6) is 0.679. The van der Waals surface area contributed by atoms with Gasteiger partial charge in [0.05, 0.1) is 5.41 Å². The van der Waals surface area contributed by atoms with E-state index in [0.29, 0.717) is 18.4 Å². The highest BCUT2D eigenvalue weighted by molar-refractivity contribution is 5.83. The van der Waals surface area contributed by atoms with E-state index >= 15 is 0 Å². The van der Waals surface area contributed by atoms with Crippen molar-refractivity contribution in [2.75, 3.05) is 19.6 Å². The fourth-order valence-corrected chi connectivity index (χ4v) is 3.08. The topological polar surface area (TPSA) is 32.3 Å². The largest absolute Gasteiger partial charge is 0.338 e. The van der Waals surface area contributed by atoms with Crippen LogP contribution in [0.1, 0.15) is 32.8 Å². The van der Waals surface area contributed by atoms with Crippen molar-refractivity contribution in [3.63, 3.8) is 0 Å². The zero-order valence-electron chi connectivity index (χ0n) is 12.9. The molecule has 3 heteroatoms. The molecule has 1 unspecified atom stereocenters. The minimum Gasteiger partial charge on any atom is -0.338 e. The summed E-state index contributed by atoms with van der Waals surface area (Å²) in [5.41, 5.74) is 0.984. The lowest BCUT2D eigenvalue weighted by Gasteiger charge is -2.36. The Morgan fingerprint density at radius 1 is 1.35 bits per heavy atom. The van der Waals surface area contributed by atoms with Gasteiger partial charge in [-0.25, -0.2) is 0 Å². The first-order valence-electron chi connectivity index (χ1n) is 7.64. The normalized spacial score (nSPS) is 22.2. The maximum atomic E-state index is 13.0. The minimum atomic E-state index is -0.217. The van der Waals surface area contributed by atoms with Gasteiger partial charge < -0.3 is 10.2 Å². The molecule has 1 amide bonds. The number of nitrogens with zero attached hydrogens (tertiary/aromatic N) is 1. The molecule has 1 heterocycles. The summed E-state index contributed by atoms with van der Waals surface area (Å²) >= 11 is 0. The number of carbonyl (C=O) groups is 1. The van der Waals surface area contributed by atoms with Crippen molar-refractivity contribution in [2.24, 2.45) is 11.3 Å². The number of carbonyl (C=O) groups excluding carboxylic acids is 1. The molecule has 3 nitrogen and oxygen atoms in total. The molecule has 1 aromatic carbocycles. The lowest BCUT2D eigenvalue weighted by atomic mass is 9.75. The molecule has 0 aliphatic carbocycles. The highest BCUT2D eigenvalue weighted by Gasteiger charge is 2.45. The highest BCUT2D eigenvalue weighted by atomic mass is 16.2. The number of benzene rings is 1. The average Bonchev–Trinajstić information content (AvgIpc) is 2.96. The van der Waals surface area contributed by atoms with Crippen molar-refractivity contribution >= 4 is 5.91 Å². The van der Waals surface area contributed by atoms with Gasteiger partial charge in [0.25, 0.3) is 0 Å². The van der Waals surface area contributed by atoms with Crippen LogP contribution < -0.4 is 5.32 Å². The van der Waals surface area contributed by atoms with Crippen LogP contribution in [0.25, 0.3) is 0 Å². The van der Waals surface area contributed by atoms with Gasteiger partial charge in [0, 0.05) is 19.6 Å². The van der Waals surface area contributed by atoms with E-state index in [1.54, 1.807) is 0 Å². The molecule has 1 aliphatic heterocycles. The van der Waals surface area contributed by atoms with Gasteiger partial charge >= 0.3 is 0 Å². The van der Waals surface area contributed by atoms with E-state index in [1.165, 1.54) is 5.56 Å². The van der Waals surface area contributed by atoms with E-state index < -0.39 is 0 Å². The smallest absolute Gasteiger partial charge is 0.230 e. The summed E-state index contributed by atoms with van der Waals surface area (Å²) in [4.78, 5) is 15.0. The second-order valence-electron chi connectivity index (χ2n) is 6.04. The van der Waals surface area contributed by atoms with Gasteiger partial charge in [-0.3, -0.25) is 4.79 Å². The van der Waals surface area contributed by atoms with Crippen molar-refractivity contribution in [3.05, 3.63) is 35.9 Å². The van der Waals surface area contributed by atoms with Gasteiger partial charge in [0.1, 0.15) is 0 Å². The molecule has 0 saturated carbocycles. The van der Waals surface area contributed by atoms with Gasteiger partial charge in [-0.15, -0.1) is 0 Å². The maximum absolute atomic E-state index is 13.0. The van der Waals surface area contributed by atoms with Crippen LogP contribution in [0.3, 0.4) is 0 Å². The van der Waals surface area contributed by atoms with E-state index in [1.807, 2.05) is 23.1 Å². The molecule has 1 atom stereocenters. The monoisotopic (exact) mass is 274 g/mol. The molecule has 1 saturated heterocycles. The van der Waals surface area contributed by atoms with Crippen molar-refractivity contribution in [3.8, 4) is 0 Å². The third-order valence-electron chi connectivity index (χ3n) is 4.60. The second kappa shape index (κ2) is 6.40. The zero-order chi connectivity index (χ0) is 14.6. The van der Waals surface area contributed by atoms with Crippen LogP contribution in [-0.4, -0.2) is 30.4 Å². The Labute approximate surface area is 122 Å². The summed E-state index contributed by atoms with van der Waals surface area (Å²) in [7, 11) is 0. The van der Waals surface area contributed by atoms with Crippen LogP contribution in [0.5, 0.6) is 0 Å². The van der Waals surface area contributed by atoms with E-state index in [9.17, 15) is 4.79 Å². The van der Waals surface area contributed by atoms with Crippen LogP contribution in [-0.2, 0) is 11.3 Å². The van der Waals surface area contributed by atoms with Gasteiger partial charge in [0.2, 0.25) is 5.91 Å². The molecule has 0 aromatic heterocycles. The quantitative estimate of drug-likeness (QED) is 0.895. The van der Waals surface area contributed by atoms with E-state index in [-0.39, 0.29) is 5.41 Å². The first kappa shape index (κ1) is 15.0. The molecule has 1 fully saturated rings. The molecule has 0 bridgehead atoms. The number of hydrogen-bond donors (Lipinski definition) is 1. The summed E-state index contributed by atoms with van der Waals surface area (Å²) in [5, 5.41) is 3.37. The first-order chi connectivity index (χ1) is 9.60. The lowest BCUT2D eigenvalue weighted by molar-refractivity contribution is -0.144. The molecule has 20 heavy (non-hydrogen) atoms. The van der Waals surface area contributed by atoms with Crippen molar-refractivity contribution in [1.82, 2.24) is 10.2 Å². The molecule has 2 rings (SSSR count). The maximum Gasteiger partial charge on any atom is 0.230 e. The van der Waals surface area contributed by atoms with Crippen LogP contribution in [0, 0.1) is 11.3 Å². The summed E-state index contributed by atoms with van der Waals surface area (Å²) in [6.45, 7) is 9.65. The third kappa shape index (κ3) is 2.88. The number of hydrogen-bond acceptors (Lipinski definition) is 2. The van der Waals surface area contributed by atoms with Crippen LogP contribution in [0.15, 0.2) is 30.3 Å². The summed E-state index contributed by atoms with van der Waals surface area (Å²) < 4.78 is 0. The Morgan fingerprint density at radius 3 is 2.55 bits per heavy atom. The number of amides is 1. The zero-order valence-corrected chi connectivity index (χ0v) is 12.9.